The number of hydrogen-bond donors (Lipinski definition) is 1. The highest BCUT2D eigenvalue weighted by Crippen LogP contribution is 2.44. The van der Waals surface area contributed by atoms with Crippen molar-refractivity contribution in [3.63, 3.8) is 0 Å². The van der Waals surface area contributed by atoms with Gasteiger partial charge in [-0.15, -0.1) is 0 Å². The van der Waals surface area contributed by atoms with Gasteiger partial charge in [0.05, 0.1) is 5.41 Å². The molecule has 0 aromatic carbocycles. The summed E-state index contributed by atoms with van der Waals surface area (Å²) in [6.45, 7) is 1.80. The van der Waals surface area contributed by atoms with Crippen LogP contribution in [0.1, 0.15) is 26.2 Å². The van der Waals surface area contributed by atoms with E-state index in [1.54, 1.807) is 6.92 Å². The topological polar surface area (TPSA) is 37.3 Å². The van der Waals surface area contributed by atoms with Gasteiger partial charge in [-0.3, -0.25) is 4.79 Å². The molecule has 12 heavy (non-hydrogen) atoms. The second-order valence-electron chi connectivity index (χ2n) is 3.45. The van der Waals surface area contributed by atoms with E-state index in [0.717, 1.165) is 19.3 Å². The zero-order chi connectivity index (χ0) is 9.35. The smallest absolute Gasteiger partial charge is 0.311 e. The van der Waals surface area contributed by atoms with Crippen LogP contribution < -0.4 is 0 Å². The second kappa shape index (κ2) is 3.66. The third-order valence-corrected chi connectivity index (χ3v) is 5.50. The third-order valence-electron chi connectivity index (χ3n) is 2.68. The molecule has 0 aliphatic heterocycles. The van der Waals surface area contributed by atoms with Crippen LogP contribution in [0.4, 0.5) is 0 Å². The summed E-state index contributed by atoms with van der Waals surface area (Å²) < 4.78 is 0. The van der Waals surface area contributed by atoms with Gasteiger partial charge in [0.2, 0.25) is 0 Å². The highest BCUT2D eigenvalue weighted by Gasteiger charge is 2.47. The molecule has 1 aliphatic carbocycles. The summed E-state index contributed by atoms with van der Waals surface area (Å²) in [5, 5.41) is 9.08. The molecule has 1 aliphatic rings. The molecule has 1 N–H and O–H groups in total. The number of hydrogen-bond acceptors (Lipinski definition) is 1. The first-order chi connectivity index (χ1) is 5.49. The lowest BCUT2D eigenvalue weighted by Gasteiger charge is -2.38. The minimum atomic E-state index is -0.717. The van der Waals surface area contributed by atoms with E-state index < -0.39 is 11.4 Å². The average molecular weight is 300 g/mol. The predicted octanol–water partition coefficient (Wildman–Crippen LogP) is 2.79. The van der Waals surface area contributed by atoms with Gasteiger partial charge in [-0.1, -0.05) is 38.3 Å². The van der Waals surface area contributed by atoms with E-state index in [2.05, 4.69) is 31.9 Å². The summed E-state index contributed by atoms with van der Waals surface area (Å²) in [6, 6.07) is 0. The zero-order valence-electron chi connectivity index (χ0n) is 6.89. The first-order valence-corrected chi connectivity index (χ1v) is 5.84. The molecule has 0 aromatic heterocycles. The molecule has 0 bridgehead atoms. The molecule has 2 nitrogen and oxygen atoms in total. The molecule has 0 aromatic rings. The number of alkyl halides is 2. The lowest BCUT2D eigenvalue weighted by atomic mass is 9.75. The lowest BCUT2D eigenvalue weighted by molar-refractivity contribution is -0.148. The summed E-state index contributed by atoms with van der Waals surface area (Å²) in [6.07, 6.45) is 2.99. The molecule has 1 saturated carbocycles. The average Bonchev–Trinajstić information content (AvgIpc) is 1.99. The largest absolute Gasteiger partial charge is 0.481 e. The van der Waals surface area contributed by atoms with Crippen LogP contribution in [0.2, 0.25) is 0 Å². The quantitative estimate of drug-likeness (QED) is 0.756. The minimum Gasteiger partial charge on any atom is -0.481 e. The van der Waals surface area contributed by atoms with Gasteiger partial charge in [0, 0.05) is 9.65 Å². The van der Waals surface area contributed by atoms with Crippen LogP contribution in [0, 0.1) is 5.41 Å². The molecule has 2 unspecified atom stereocenters. The predicted molar refractivity (Wildman–Crippen MR) is 55.0 cm³/mol. The Morgan fingerprint density at radius 2 is 1.83 bits per heavy atom. The Morgan fingerprint density at radius 1 is 1.42 bits per heavy atom. The molecule has 70 valence electrons. The van der Waals surface area contributed by atoms with Crippen LogP contribution in [0.3, 0.4) is 0 Å². The molecular formula is C8H12Br2O2. The first kappa shape index (κ1) is 10.5. The van der Waals surface area contributed by atoms with E-state index in [1.165, 1.54) is 0 Å². The van der Waals surface area contributed by atoms with E-state index in [4.69, 9.17) is 5.11 Å². The van der Waals surface area contributed by atoms with Gasteiger partial charge in [-0.05, 0) is 19.8 Å². The molecule has 0 heterocycles. The maximum Gasteiger partial charge on any atom is 0.311 e. The van der Waals surface area contributed by atoms with Crippen molar-refractivity contribution < 1.29 is 9.90 Å². The molecule has 0 amide bonds. The van der Waals surface area contributed by atoms with E-state index in [0.29, 0.717) is 0 Å². The third kappa shape index (κ3) is 1.55. The Labute approximate surface area is 89.0 Å². The van der Waals surface area contributed by atoms with Crippen molar-refractivity contribution in [3.05, 3.63) is 0 Å². The van der Waals surface area contributed by atoms with Crippen molar-refractivity contribution in [2.45, 2.75) is 35.8 Å². The van der Waals surface area contributed by atoms with Crippen molar-refractivity contribution in [1.29, 1.82) is 0 Å². The molecule has 0 radical (unpaired) electrons. The zero-order valence-corrected chi connectivity index (χ0v) is 10.1. The summed E-state index contributed by atoms with van der Waals surface area (Å²) >= 11 is 6.88. The fourth-order valence-corrected chi connectivity index (χ4v) is 3.57. The number of aliphatic carboxylic acids is 1. The van der Waals surface area contributed by atoms with Crippen molar-refractivity contribution in [2.75, 3.05) is 0 Å². The Bertz CT molecular complexity index is 183. The van der Waals surface area contributed by atoms with Gasteiger partial charge in [0.25, 0.3) is 0 Å². The monoisotopic (exact) mass is 298 g/mol. The number of carboxylic acids is 1. The molecule has 1 rings (SSSR count). The summed E-state index contributed by atoms with van der Waals surface area (Å²) in [4.78, 5) is 11.2. The molecule has 0 spiro atoms. The normalized spacial score (nSPS) is 42.6. The molecule has 0 saturated heterocycles. The lowest BCUT2D eigenvalue weighted by Crippen LogP contribution is -2.46. The van der Waals surface area contributed by atoms with Crippen LogP contribution in [-0.2, 0) is 4.79 Å². The number of carbonyl (C=O) groups is 1. The van der Waals surface area contributed by atoms with Crippen LogP contribution >= 0.6 is 31.9 Å². The van der Waals surface area contributed by atoms with Crippen molar-refractivity contribution in [3.8, 4) is 0 Å². The Hall–Kier alpha value is 0.430. The molecule has 4 heteroatoms. The van der Waals surface area contributed by atoms with Gasteiger partial charge in [0.15, 0.2) is 0 Å². The van der Waals surface area contributed by atoms with Gasteiger partial charge >= 0.3 is 5.97 Å². The highest BCUT2D eigenvalue weighted by molar-refractivity contribution is 9.10. The minimum absolute atomic E-state index is 0.0839. The van der Waals surface area contributed by atoms with Crippen LogP contribution in [0.5, 0.6) is 0 Å². The van der Waals surface area contributed by atoms with Gasteiger partial charge < -0.3 is 5.11 Å². The van der Waals surface area contributed by atoms with Crippen LogP contribution in [0.25, 0.3) is 0 Å². The number of carboxylic acid groups (broad SMARTS) is 1. The van der Waals surface area contributed by atoms with Gasteiger partial charge in [0.1, 0.15) is 0 Å². The van der Waals surface area contributed by atoms with Crippen molar-refractivity contribution >= 4 is 37.8 Å². The maximum absolute atomic E-state index is 11.0. The first-order valence-electron chi connectivity index (χ1n) is 4.01. The highest BCUT2D eigenvalue weighted by atomic mass is 79.9. The van der Waals surface area contributed by atoms with E-state index in [9.17, 15) is 4.79 Å². The Balaban J connectivity index is 2.87. The molecular weight excluding hydrogens is 288 g/mol. The standard InChI is InChI=1S/C8H12Br2O2/c1-8(7(11)12)5(9)3-2-4-6(8)10/h5-6H,2-4H2,1H3,(H,11,12). The summed E-state index contributed by atoms with van der Waals surface area (Å²) in [5.74, 6) is -0.717. The van der Waals surface area contributed by atoms with Gasteiger partial charge in [-0.2, -0.15) is 0 Å². The maximum atomic E-state index is 11.0. The van der Waals surface area contributed by atoms with Crippen LogP contribution in [0.15, 0.2) is 0 Å². The molecule has 1 fully saturated rings. The molecule has 2 atom stereocenters. The fraction of sp³-hybridized carbons (Fsp3) is 0.875. The summed E-state index contributed by atoms with van der Waals surface area (Å²) in [5.41, 5.74) is -0.655. The van der Waals surface area contributed by atoms with Crippen molar-refractivity contribution in [2.24, 2.45) is 5.41 Å². The van der Waals surface area contributed by atoms with E-state index in [1.807, 2.05) is 0 Å². The van der Waals surface area contributed by atoms with E-state index >= 15 is 0 Å². The van der Waals surface area contributed by atoms with E-state index in [-0.39, 0.29) is 9.65 Å². The SMILES string of the molecule is CC1(C(=O)O)C(Br)CCCC1Br. The number of halogens is 2. The second-order valence-corrected chi connectivity index (χ2v) is 5.66. The van der Waals surface area contributed by atoms with Gasteiger partial charge in [-0.25, -0.2) is 0 Å². The van der Waals surface area contributed by atoms with Crippen molar-refractivity contribution in [1.82, 2.24) is 0 Å². The van der Waals surface area contributed by atoms with Crippen LogP contribution in [-0.4, -0.2) is 20.7 Å². The Kier molecular flexibility index (Phi) is 3.21. The number of rotatable bonds is 1. The summed E-state index contributed by atoms with van der Waals surface area (Å²) in [7, 11) is 0. The fourth-order valence-electron chi connectivity index (χ4n) is 1.54. The Morgan fingerprint density at radius 3 is 2.08 bits per heavy atom.